The fourth-order valence-corrected chi connectivity index (χ4v) is 6.24. The number of carbonyl (C=O) groups is 1. The highest BCUT2D eigenvalue weighted by atomic mass is 16.4. The fraction of sp³-hybridized carbons (Fsp3) is 0.357. The van der Waals surface area contributed by atoms with E-state index in [2.05, 4.69) is 22.9 Å². The van der Waals surface area contributed by atoms with Crippen LogP contribution in [0, 0.1) is 0 Å². The van der Waals surface area contributed by atoms with Crippen LogP contribution in [0.4, 0.5) is 10.5 Å². The molecule has 2 fully saturated rings. The van der Waals surface area contributed by atoms with E-state index >= 15 is 0 Å². The number of amides is 1. The van der Waals surface area contributed by atoms with Crippen LogP contribution in [0.1, 0.15) is 44.2 Å². The van der Waals surface area contributed by atoms with Crippen molar-refractivity contribution in [1.82, 2.24) is 24.5 Å². The zero-order valence-corrected chi connectivity index (χ0v) is 20.6. The van der Waals surface area contributed by atoms with Crippen LogP contribution in [0.2, 0.25) is 0 Å². The average molecular weight is 483 g/mol. The minimum absolute atomic E-state index is 0.445. The van der Waals surface area contributed by atoms with Crippen molar-refractivity contribution in [2.24, 2.45) is 0 Å². The molecule has 2 unspecified atom stereocenters. The van der Waals surface area contributed by atoms with Crippen LogP contribution < -0.4 is 4.90 Å². The topological polar surface area (TPSA) is 86.9 Å². The molecule has 5 heterocycles. The second kappa shape index (κ2) is 9.02. The van der Waals surface area contributed by atoms with E-state index in [1.54, 1.807) is 19.4 Å². The quantitative estimate of drug-likeness (QED) is 0.415. The van der Waals surface area contributed by atoms with Crippen LogP contribution in [0.15, 0.2) is 61.1 Å². The molecule has 6 rings (SSSR count). The van der Waals surface area contributed by atoms with Crippen molar-refractivity contribution in [2.45, 2.75) is 50.6 Å². The molecule has 8 nitrogen and oxygen atoms in total. The van der Waals surface area contributed by atoms with Crippen molar-refractivity contribution in [3.05, 3.63) is 66.7 Å². The van der Waals surface area contributed by atoms with E-state index in [0.717, 1.165) is 47.4 Å². The third-order valence-electron chi connectivity index (χ3n) is 8.00. The van der Waals surface area contributed by atoms with Crippen LogP contribution in [0.3, 0.4) is 0 Å². The molecular weight excluding hydrogens is 452 g/mol. The van der Waals surface area contributed by atoms with Gasteiger partial charge in [0.15, 0.2) is 5.65 Å². The molecule has 2 aliphatic heterocycles. The molecule has 1 amide bonds. The maximum Gasteiger partial charge on any atom is 0.411 e. The molecule has 2 saturated heterocycles. The Morgan fingerprint density at radius 2 is 1.69 bits per heavy atom. The van der Waals surface area contributed by atoms with Crippen molar-refractivity contribution < 1.29 is 9.90 Å². The van der Waals surface area contributed by atoms with Crippen molar-refractivity contribution >= 4 is 17.4 Å². The summed E-state index contributed by atoms with van der Waals surface area (Å²) >= 11 is 0. The summed E-state index contributed by atoms with van der Waals surface area (Å²) in [6, 6.07) is 14.9. The third-order valence-corrected chi connectivity index (χ3v) is 8.00. The highest BCUT2D eigenvalue weighted by Gasteiger charge is 2.41. The summed E-state index contributed by atoms with van der Waals surface area (Å²) < 4.78 is 2.05. The molecule has 2 atom stereocenters. The smallest absolute Gasteiger partial charge is 0.411 e. The second-order valence-electron chi connectivity index (χ2n) is 9.84. The fourth-order valence-electron chi connectivity index (χ4n) is 6.24. The van der Waals surface area contributed by atoms with Gasteiger partial charge in [0.1, 0.15) is 5.69 Å². The number of hydrogen-bond acceptors (Lipinski definition) is 5. The summed E-state index contributed by atoms with van der Waals surface area (Å²) in [5, 5.41) is 14.5. The van der Waals surface area contributed by atoms with Crippen LogP contribution in [-0.4, -0.2) is 61.4 Å². The lowest BCUT2D eigenvalue weighted by Gasteiger charge is -2.38. The lowest BCUT2D eigenvalue weighted by molar-refractivity contribution is 0.132. The van der Waals surface area contributed by atoms with E-state index in [-0.39, 0.29) is 0 Å². The number of aromatic nitrogens is 4. The normalized spacial score (nSPS) is 21.7. The predicted octanol–water partition coefficient (Wildman–Crippen LogP) is 5.30. The highest BCUT2D eigenvalue weighted by Crippen LogP contribution is 2.44. The highest BCUT2D eigenvalue weighted by molar-refractivity contribution is 5.92. The molecule has 1 aromatic carbocycles. The number of benzene rings is 1. The number of hydrogen-bond donors (Lipinski definition) is 1. The largest absolute Gasteiger partial charge is 0.465 e. The van der Waals surface area contributed by atoms with E-state index in [1.165, 1.54) is 23.4 Å². The minimum atomic E-state index is -0.995. The first-order chi connectivity index (χ1) is 17.5. The number of nitrogens with zero attached hydrogens (tertiary/aromatic N) is 6. The van der Waals surface area contributed by atoms with Gasteiger partial charge in [0.2, 0.25) is 0 Å². The molecule has 3 aromatic heterocycles. The average Bonchev–Trinajstić information content (AvgIpc) is 3.42. The van der Waals surface area contributed by atoms with Crippen molar-refractivity contribution in [3.8, 4) is 22.4 Å². The number of anilines is 1. The summed E-state index contributed by atoms with van der Waals surface area (Å²) in [5.74, 6) is 0.445. The first-order valence-corrected chi connectivity index (χ1v) is 12.7. The maximum absolute atomic E-state index is 11.4. The molecule has 8 heteroatoms. The van der Waals surface area contributed by atoms with E-state index < -0.39 is 6.09 Å². The Bertz CT molecular complexity index is 1390. The van der Waals surface area contributed by atoms with Crippen LogP contribution in [0.5, 0.6) is 0 Å². The lowest BCUT2D eigenvalue weighted by atomic mass is 9.88. The predicted molar refractivity (Wildman–Crippen MR) is 139 cm³/mol. The van der Waals surface area contributed by atoms with E-state index in [4.69, 9.17) is 10.1 Å². The van der Waals surface area contributed by atoms with Crippen LogP contribution >= 0.6 is 0 Å². The molecule has 36 heavy (non-hydrogen) atoms. The zero-order valence-electron chi connectivity index (χ0n) is 20.6. The summed E-state index contributed by atoms with van der Waals surface area (Å²) in [5.41, 5.74) is 6.38. The Kier molecular flexibility index (Phi) is 5.68. The lowest BCUT2D eigenvalue weighted by Crippen LogP contribution is -2.42. The van der Waals surface area contributed by atoms with Crippen molar-refractivity contribution in [1.29, 1.82) is 0 Å². The third kappa shape index (κ3) is 3.73. The Morgan fingerprint density at radius 3 is 2.33 bits per heavy atom. The molecular formula is C28H30N6O2. The maximum atomic E-state index is 11.4. The Hall–Kier alpha value is -3.78. The summed E-state index contributed by atoms with van der Waals surface area (Å²) in [7, 11) is 1.54. The number of piperidine rings is 1. The molecule has 0 radical (unpaired) electrons. The first kappa shape index (κ1) is 22.7. The van der Waals surface area contributed by atoms with Gasteiger partial charge in [-0.1, -0.05) is 19.1 Å². The molecule has 0 saturated carbocycles. The number of rotatable bonds is 5. The Balaban J connectivity index is 1.48. The van der Waals surface area contributed by atoms with Crippen molar-refractivity contribution in [2.75, 3.05) is 18.5 Å². The van der Waals surface area contributed by atoms with Gasteiger partial charge >= 0.3 is 6.09 Å². The zero-order chi connectivity index (χ0) is 24.8. The molecule has 0 aliphatic carbocycles. The van der Waals surface area contributed by atoms with Crippen LogP contribution in [-0.2, 0) is 0 Å². The SMILES string of the molecule is CCN1C2CCC1CC(c1ccnc3c(-c4ccc(N(C)C(=O)O)cc4)c(-c4ccncc4)nn13)C2. The molecule has 184 valence electrons. The van der Waals surface area contributed by atoms with Gasteiger partial charge in [-0.05, 0) is 68.1 Å². The summed E-state index contributed by atoms with van der Waals surface area (Å²) in [6.45, 7) is 3.40. The van der Waals surface area contributed by atoms with E-state index in [0.29, 0.717) is 23.7 Å². The number of fused-ring (bicyclic) bond motifs is 3. The molecule has 0 spiro atoms. The van der Waals surface area contributed by atoms with Gasteiger partial charge in [-0.15, -0.1) is 0 Å². The van der Waals surface area contributed by atoms with Gasteiger partial charge in [0, 0.05) is 60.6 Å². The molecule has 1 N–H and O–H groups in total. The Labute approximate surface area is 210 Å². The van der Waals surface area contributed by atoms with Crippen molar-refractivity contribution in [3.63, 3.8) is 0 Å². The molecule has 2 bridgehead atoms. The standard InChI is InChI=1S/C28H30N6O2/c1-3-33-22-8-9-23(33)17-20(16-22)24-12-15-30-27-25(18-4-6-21(7-5-18)32(2)28(35)36)26(31-34(24)27)19-10-13-29-14-11-19/h4-7,10-15,20,22-23H,3,8-9,16-17H2,1-2H3,(H,35,36). The minimum Gasteiger partial charge on any atom is -0.465 e. The summed E-state index contributed by atoms with van der Waals surface area (Å²) in [4.78, 5) is 24.3. The first-order valence-electron chi connectivity index (χ1n) is 12.7. The van der Waals surface area contributed by atoms with Gasteiger partial charge in [-0.3, -0.25) is 14.8 Å². The number of pyridine rings is 1. The van der Waals surface area contributed by atoms with E-state index in [1.807, 2.05) is 47.1 Å². The number of carboxylic acid groups (broad SMARTS) is 1. The van der Waals surface area contributed by atoms with Gasteiger partial charge in [0.25, 0.3) is 0 Å². The summed E-state index contributed by atoms with van der Waals surface area (Å²) in [6.07, 6.45) is 9.35. The van der Waals surface area contributed by atoms with Gasteiger partial charge in [0.05, 0.1) is 5.56 Å². The second-order valence-corrected chi connectivity index (χ2v) is 9.84. The molecule has 4 aromatic rings. The van der Waals surface area contributed by atoms with Gasteiger partial charge in [-0.2, -0.15) is 5.10 Å². The van der Waals surface area contributed by atoms with Gasteiger partial charge in [-0.25, -0.2) is 14.3 Å². The molecule has 2 aliphatic rings. The monoisotopic (exact) mass is 482 g/mol. The van der Waals surface area contributed by atoms with Gasteiger partial charge < -0.3 is 5.11 Å². The Morgan fingerprint density at radius 1 is 1.00 bits per heavy atom. The van der Waals surface area contributed by atoms with Crippen LogP contribution in [0.25, 0.3) is 28.0 Å². The van der Waals surface area contributed by atoms with E-state index in [9.17, 15) is 9.90 Å².